The van der Waals surface area contributed by atoms with Crippen LogP contribution in [0.5, 0.6) is 0 Å². The minimum absolute atomic E-state index is 0.169. The lowest BCUT2D eigenvalue weighted by Gasteiger charge is -2.18. The second-order valence-corrected chi connectivity index (χ2v) is 7.24. The van der Waals surface area contributed by atoms with Gasteiger partial charge in [-0.2, -0.15) is 0 Å². The molecule has 1 heterocycles. The van der Waals surface area contributed by atoms with Crippen molar-refractivity contribution in [3.8, 4) is 0 Å². The van der Waals surface area contributed by atoms with Gasteiger partial charge in [-0.05, 0) is 50.1 Å². The smallest absolute Gasteiger partial charge is 0.253 e. The van der Waals surface area contributed by atoms with E-state index in [0.717, 1.165) is 25.2 Å². The summed E-state index contributed by atoms with van der Waals surface area (Å²) in [5, 5.41) is 5.97. The lowest BCUT2D eigenvalue weighted by Crippen LogP contribution is -2.41. The molecule has 27 heavy (non-hydrogen) atoms. The summed E-state index contributed by atoms with van der Waals surface area (Å²) >= 11 is 12.0. The van der Waals surface area contributed by atoms with Gasteiger partial charge >= 0.3 is 0 Å². The first kappa shape index (κ1) is 19.5. The zero-order chi connectivity index (χ0) is 19.6. The molecule has 7 heteroatoms. The summed E-state index contributed by atoms with van der Waals surface area (Å²) in [6, 6.07) is 9.97. The normalized spacial score (nSPS) is 13.9. The zero-order valence-electron chi connectivity index (χ0n) is 15.2. The third-order valence-corrected chi connectivity index (χ3v) is 5.48. The number of nitrogens with one attached hydrogen (secondary N) is 2. The molecule has 0 bridgehead atoms. The Kier molecular flexibility index (Phi) is 5.92. The summed E-state index contributed by atoms with van der Waals surface area (Å²) in [4.78, 5) is 27.1. The lowest BCUT2D eigenvalue weighted by atomic mass is 10.1. The molecule has 142 valence electrons. The number of carbonyl (C=O) groups excluding carboxylic acids is 2. The van der Waals surface area contributed by atoms with Gasteiger partial charge in [-0.25, -0.2) is 0 Å². The van der Waals surface area contributed by atoms with Gasteiger partial charge in [0.05, 0.1) is 15.6 Å². The summed E-state index contributed by atoms with van der Waals surface area (Å²) in [6.07, 6.45) is 1.02. The van der Waals surface area contributed by atoms with Crippen LogP contribution in [0, 0.1) is 0 Å². The molecule has 0 spiro atoms. The summed E-state index contributed by atoms with van der Waals surface area (Å²) in [6.45, 7) is 5.66. The Morgan fingerprint density at radius 3 is 2.74 bits per heavy atom. The first-order valence-corrected chi connectivity index (χ1v) is 9.60. The van der Waals surface area contributed by atoms with E-state index in [-0.39, 0.29) is 16.5 Å². The Labute approximate surface area is 168 Å². The molecule has 0 aliphatic carbocycles. The number of fused-ring (bicyclic) bond motifs is 1. The van der Waals surface area contributed by atoms with Crippen molar-refractivity contribution in [3.05, 3.63) is 57.6 Å². The van der Waals surface area contributed by atoms with Gasteiger partial charge in [0.15, 0.2) is 0 Å². The number of carbonyl (C=O) groups is 2. The molecular formula is C20H21Cl2N3O2. The Balaban J connectivity index is 1.66. The summed E-state index contributed by atoms with van der Waals surface area (Å²) in [7, 11) is 0. The maximum Gasteiger partial charge on any atom is 0.253 e. The van der Waals surface area contributed by atoms with E-state index in [1.165, 1.54) is 5.56 Å². The third-order valence-electron chi connectivity index (χ3n) is 4.66. The van der Waals surface area contributed by atoms with Gasteiger partial charge in [0.1, 0.15) is 6.04 Å². The largest absolute Gasteiger partial charge is 0.371 e. The number of nitrogens with zero attached hydrogens (tertiary/aromatic N) is 1. The molecule has 0 radical (unpaired) electrons. The lowest BCUT2D eigenvalue weighted by molar-refractivity contribution is -0.117. The van der Waals surface area contributed by atoms with Crippen molar-refractivity contribution in [1.82, 2.24) is 5.32 Å². The molecule has 5 nitrogen and oxygen atoms in total. The highest BCUT2D eigenvalue weighted by atomic mass is 35.5. The van der Waals surface area contributed by atoms with Gasteiger partial charge in [-0.3, -0.25) is 9.59 Å². The van der Waals surface area contributed by atoms with Gasteiger partial charge in [-0.1, -0.05) is 35.3 Å². The summed E-state index contributed by atoms with van der Waals surface area (Å²) in [5.41, 5.74) is 3.38. The molecule has 2 amide bonds. The second kappa shape index (κ2) is 8.19. The maximum absolute atomic E-state index is 12.5. The maximum atomic E-state index is 12.5. The highest BCUT2D eigenvalue weighted by Gasteiger charge is 2.21. The average Bonchev–Trinajstić information content (AvgIpc) is 3.06. The zero-order valence-corrected chi connectivity index (χ0v) is 16.7. The molecule has 1 unspecified atom stereocenters. The molecule has 2 aromatic carbocycles. The Bertz CT molecular complexity index is 886. The van der Waals surface area contributed by atoms with E-state index in [9.17, 15) is 9.59 Å². The molecule has 1 atom stereocenters. The number of likely N-dealkylation sites (N-methyl/N-ethyl adjacent to an activating group) is 1. The molecule has 3 rings (SSSR count). The number of hydrogen-bond acceptors (Lipinski definition) is 3. The highest BCUT2D eigenvalue weighted by Crippen LogP contribution is 2.30. The molecule has 1 aliphatic heterocycles. The van der Waals surface area contributed by atoms with Crippen LogP contribution in [-0.2, 0) is 11.2 Å². The fourth-order valence-electron chi connectivity index (χ4n) is 3.12. The van der Waals surface area contributed by atoms with Crippen LogP contribution in [0.25, 0.3) is 0 Å². The fraction of sp³-hybridized carbons (Fsp3) is 0.300. The van der Waals surface area contributed by atoms with Crippen molar-refractivity contribution in [1.29, 1.82) is 0 Å². The first-order chi connectivity index (χ1) is 12.9. The molecule has 0 saturated heterocycles. The van der Waals surface area contributed by atoms with Crippen molar-refractivity contribution >= 4 is 46.4 Å². The number of amides is 2. The number of halogens is 2. The highest BCUT2D eigenvalue weighted by molar-refractivity contribution is 6.43. The summed E-state index contributed by atoms with van der Waals surface area (Å²) < 4.78 is 0. The van der Waals surface area contributed by atoms with E-state index in [1.54, 1.807) is 25.1 Å². The van der Waals surface area contributed by atoms with Crippen molar-refractivity contribution in [2.45, 2.75) is 26.3 Å². The predicted octanol–water partition coefficient (Wildman–Crippen LogP) is 4.13. The minimum Gasteiger partial charge on any atom is -0.371 e. The number of hydrogen-bond donors (Lipinski definition) is 2. The van der Waals surface area contributed by atoms with E-state index in [4.69, 9.17) is 23.2 Å². The number of benzene rings is 2. The monoisotopic (exact) mass is 405 g/mol. The van der Waals surface area contributed by atoms with Crippen LogP contribution >= 0.6 is 23.2 Å². The van der Waals surface area contributed by atoms with Gasteiger partial charge in [0.2, 0.25) is 5.91 Å². The fourth-order valence-corrected chi connectivity index (χ4v) is 3.51. The van der Waals surface area contributed by atoms with Crippen LogP contribution in [0.15, 0.2) is 36.4 Å². The van der Waals surface area contributed by atoms with E-state index < -0.39 is 11.9 Å². The van der Waals surface area contributed by atoms with Crippen molar-refractivity contribution in [2.75, 3.05) is 23.3 Å². The van der Waals surface area contributed by atoms with Gasteiger partial charge in [-0.15, -0.1) is 0 Å². The number of anilines is 2. The topological polar surface area (TPSA) is 61.4 Å². The van der Waals surface area contributed by atoms with Crippen molar-refractivity contribution in [3.63, 3.8) is 0 Å². The molecule has 1 aliphatic rings. The van der Waals surface area contributed by atoms with Gasteiger partial charge in [0, 0.05) is 24.5 Å². The van der Waals surface area contributed by atoms with Crippen LogP contribution in [0.3, 0.4) is 0 Å². The van der Waals surface area contributed by atoms with Crippen molar-refractivity contribution in [2.24, 2.45) is 0 Å². The third kappa shape index (κ3) is 4.20. The molecule has 2 aromatic rings. The van der Waals surface area contributed by atoms with Crippen LogP contribution in [0.2, 0.25) is 10.0 Å². The van der Waals surface area contributed by atoms with Gasteiger partial charge in [0.25, 0.3) is 5.91 Å². The molecule has 0 fully saturated rings. The van der Waals surface area contributed by atoms with E-state index in [2.05, 4.69) is 22.5 Å². The van der Waals surface area contributed by atoms with Gasteiger partial charge < -0.3 is 15.5 Å². The SMILES string of the molecule is CCN1CCc2ccc(NC(=O)C(C)NC(=O)c3cccc(Cl)c3Cl)cc21. The van der Waals surface area contributed by atoms with Crippen LogP contribution in [0.1, 0.15) is 29.8 Å². The molecule has 2 N–H and O–H groups in total. The van der Waals surface area contributed by atoms with E-state index in [1.807, 2.05) is 18.2 Å². The standard InChI is InChI=1S/C20H21Cl2N3O2/c1-3-25-10-9-13-7-8-14(11-17(13)25)24-19(26)12(2)23-20(27)15-5-4-6-16(21)18(15)22/h4-8,11-12H,3,9-10H2,1-2H3,(H,23,27)(H,24,26). The van der Waals surface area contributed by atoms with E-state index >= 15 is 0 Å². The second-order valence-electron chi connectivity index (χ2n) is 6.46. The van der Waals surface area contributed by atoms with E-state index in [0.29, 0.717) is 10.7 Å². The van der Waals surface area contributed by atoms with Crippen LogP contribution < -0.4 is 15.5 Å². The summed E-state index contributed by atoms with van der Waals surface area (Å²) in [5.74, 6) is -0.751. The number of rotatable bonds is 5. The van der Waals surface area contributed by atoms with Crippen LogP contribution in [-0.4, -0.2) is 30.9 Å². The van der Waals surface area contributed by atoms with Crippen LogP contribution in [0.4, 0.5) is 11.4 Å². The quantitative estimate of drug-likeness (QED) is 0.785. The predicted molar refractivity (Wildman–Crippen MR) is 110 cm³/mol. The Hall–Kier alpha value is -2.24. The Morgan fingerprint density at radius 1 is 1.22 bits per heavy atom. The molecule has 0 saturated carbocycles. The minimum atomic E-state index is -0.733. The van der Waals surface area contributed by atoms with Crippen molar-refractivity contribution < 1.29 is 9.59 Å². The Morgan fingerprint density at radius 2 is 2.00 bits per heavy atom. The molecular weight excluding hydrogens is 385 g/mol. The first-order valence-electron chi connectivity index (χ1n) is 8.84. The molecule has 0 aromatic heterocycles. The average molecular weight is 406 g/mol.